The maximum atomic E-state index is 12.6. The van der Waals surface area contributed by atoms with E-state index in [4.69, 9.17) is 23.2 Å². The number of carbonyl (C=O) groups is 1. The number of halogens is 2. The van der Waals surface area contributed by atoms with E-state index in [1.165, 1.54) is 24.3 Å². The summed E-state index contributed by atoms with van der Waals surface area (Å²) in [6.07, 6.45) is 0. The third kappa shape index (κ3) is 3.60. The van der Waals surface area contributed by atoms with Crippen LogP contribution in [-0.4, -0.2) is 24.5 Å². The van der Waals surface area contributed by atoms with E-state index >= 15 is 0 Å². The topological polar surface area (TPSA) is 99.6 Å². The SMILES string of the molecule is Cc1ccc(S(=O)(=O)N=c2cc(C(=O)O)[nH]c3cc(Cl)cc(Cl)c23)cc1. The average Bonchev–Trinajstić information content (AvgIpc) is 2.53. The molecule has 3 rings (SSSR count). The Kier molecular flexibility index (Phi) is 4.79. The summed E-state index contributed by atoms with van der Waals surface area (Å²) in [6, 6.07) is 10.2. The van der Waals surface area contributed by atoms with Crippen LogP contribution < -0.4 is 5.36 Å². The molecule has 0 aliphatic carbocycles. The lowest BCUT2D eigenvalue weighted by atomic mass is 10.2. The van der Waals surface area contributed by atoms with Gasteiger partial charge in [0, 0.05) is 10.4 Å². The molecule has 0 atom stereocenters. The van der Waals surface area contributed by atoms with Crippen LogP contribution in [-0.2, 0) is 10.0 Å². The van der Waals surface area contributed by atoms with Crippen LogP contribution in [0.25, 0.3) is 10.9 Å². The molecule has 0 fully saturated rings. The number of hydrogen-bond acceptors (Lipinski definition) is 3. The van der Waals surface area contributed by atoms with Crippen molar-refractivity contribution in [2.45, 2.75) is 11.8 Å². The Balaban J connectivity index is 2.37. The van der Waals surface area contributed by atoms with E-state index in [1.807, 2.05) is 6.92 Å². The van der Waals surface area contributed by atoms with E-state index in [2.05, 4.69) is 9.38 Å². The summed E-state index contributed by atoms with van der Waals surface area (Å²) in [7, 11) is -4.06. The second kappa shape index (κ2) is 6.75. The van der Waals surface area contributed by atoms with Gasteiger partial charge in [0.1, 0.15) is 5.69 Å². The number of rotatable bonds is 3. The molecule has 6 nitrogen and oxygen atoms in total. The Morgan fingerprint density at radius 2 is 1.77 bits per heavy atom. The summed E-state index contributed by atoms with van der Waals surface area (Å²) in [5, 5.41) is 9.86. The third-order valence-electron chi connectivity index (χ3n) is 3.63. The quantitative estimate of drug-likeness (QED) is 0.685. The highest BCUT2D eigenvalue weighted by Gasteiger charge is 2.15. The number of pyridine rings is 1. The number of aromatic nitrogens is 1. The van der Waals surface area contributed by atoms with Gasteiger partial charge in [-0.05, 0) is 37.3 Å². The maximum absolute atomic E-state index is 12.6. The summed E-state index contributed by atoms with van der Waals surface area (Å²) in [4.78, 5) is 14.0. The van der Waals surface area contributed by atoms with E-state index in [0.717, 1.165) is 11.6 Å². The molecule has 1 aromatic heterocycles. The number of benzene rings is 2. The van der Waals surface area contributed by atoms with Crippen LogP contribution in [0.4, 0.5) is 0 Å². The first-order valence-corrected chi connectivity index (χ1v) is 9.50. The van der Waals surface area contributed by atoms with Crippen LogP contribution in [0.15, 0.2) is 51.8 Å². The molecule has 0 amide bonds. The van der Waals surface area contributed by atoms with Crippen LogP contribution in [0.5, 0.6) is 0 Å². The Morgan fingerprint density at radius 3 is 2.38 bits per heavy atom. The van der Waals surface area contributed by atoms with E-state index in [9.17, 15) is 18.3 Å². The van der Waals surface area contributed by atoms with Gasteiger partial charge in [0.2, 0.25) is 0 Å². The molecule has 2 N–H and O–H groups in total. The number of fused-ring (bicyclic) bond motifs is 1. The zero-order valence-electron chi connectivity index (χ0n) is 13.3. The molecule has 1 heterocycles. The fourth-order valence-electron chi connectivity index (χ4n) is 2.40. The van der Waals surface area contributed by atoms with Gasteiger partial charge in [-0.25, -0.2) is 4.79 Å². The lowest BCUT2D eigenvalue weighted by molar-refractivity contribution is 0.0690. The number of hydrogen-bond donors (Lipinski definition) is 2. The minimum absolute atomic E-state index is 0.00829. The second-order valence-electron chi connectivity index (χ2n) is 5.56. The molecule has 0 bridgehead atoms. The van der Waals surface area contributed by atoms with Gasteiger partial charge in [-0.3, -0.25) is 0 Å². The first kappa shape index (κ1) is 18.4. The number of nitrogens with zero attached hydrogens (tertiary/aromatic N) is 1. The zero-order chi connectivity index (χ0) is 19.1. The Hall–Kier alpha value is -2.35. The van der Waals surface area contributed by atoms with Crippen molar-refractivity contribution in [3.8, 4) is 0 Å². The number of carboxylic acids is 1. The van der Waals surface area contributed by atoms with Crippen molar-refractivity contribution in [3.63, 3.8) is 0 Å². The average molecular weight is 411 g/mol. The molecule has 0 aliphatic heterocycles. The van der Waals surface area contributed by atoms with Crippen LogP contribution >= 0.6 is 23.2 Å². The van der Waals surface area contributed by atoms with Gasteiger partial charge < -0.3 is 10.1 Å². The molecule has 0 radical (unpaired) electrons. The Labute approximate surface area is 158 Å². The van der Waals surface area contributed by atoms with Gasteiger partial charge in [0.25, 0.3) is 10.0 Å². The molecule has 3 aromatic rings. The first-order valence-electron chi connectivity index (χ1n) is 7.30. The van der Waals surface area contributed by atoms with Gasteiger partial charge in [-0.1, -0.05) is 40.9 Å². The van der Waals surface area contributed by atoms with Gasteiger partial charge in [0.15, 0.2) is 0 Å². The summed E-state index contributed by atoms with van der Waals surface area (Å²) in [5.74, 6) is -1.27. The van der Waals surface area contributed by atoms with Crippen molar-refractivity contribution in [2.75, 3.05) is 0 Å². The van der Waals surface area contributed by atoms with Crippen LogP contribution in [0, 0.1) is 6.92 Å². The number of carboxylic acid groups (broad SMARTS) is 1. The number of nitrogens with one attached hydrogen (secondary N) is 1. The summed E-state index contributed by atoms with van der Waals surface area (Å²) < 4.78 is 29.1. The van der Waals surface area contributed by atoms with Crippen LogP contribution in [0.2, 0.25) is 10.0 Å². The van der Waals surface area contributed by atoms with E-state index in [0.29, 0.717) is 0 Å². The van der Waals surface area contributed by atoms with Crippen molar-refractivity contribution in [3.05, 3.63) is 69.1 Å². The molecule has 0 saturated heterocycles. The van der Waals surface area contributed by atoms with Gasteiger partial charge in [0.05, 0.1) is 20.8 Å². The summed E-state index contributed by atoms with van der Waals surface area (Å²) in [5.41, 5.74) is 0.920. The zero-order valence-corrected chi connectivity index (χ0v) is 15.7. The smallest absolute Gasteiger partial charge is 0.352 e. The number of aromatic carboxylic acids is 1. The highest BCUT2D eigenvalue weighted by Crippen LogP contribution is 2.25. The van der Waals surface area contributed by atoms with E-state index in [-0.39, 0.29) is 36.9 Å². The van der Waals surface area contributed by atoms with Crippen molar-refractivity contribution in [1.29, 1.82) is 0 Å². The van der Waals surface area contributed by atoms with Gasteiger partial charge in [-0.2, -0.15) is 12.8 Å². The molecule has 0 aliphatic rings. The van der Waals surface area contributed by atoms with Crippen LogP contribution in [0.1, 0.15) is 16.1 Å². The number of aryl methyl sites for hydroxylation is 1. The highest BCUT2D eigenvalue weighted by molar-refractivity contribution is 7.90. The summed E-state index contributed by atoms with van der Waals surface area (Å²) >= 11 is 12.1. The fraction of sp³-hybridized carbons (Fsp3) is 0.0588. The maximum Gasteiger partial charge on any atom is 0.352 e. The number of H-pyrrole nitrogens is 1. The normalized spacial score (nSPS) is 12.5. The largest absolute Gasteiger partial charge is 0.477 e. The fourth-order valence-corrected chi connectivity index (χ4v) is 3.98. The molecule has 0 spiro atoms. The Bertz CT molecular complexity index is 1200. The standard InChI is InChI=1S/C17H12Cl2N2O4S/c1-9-2-4-11(5-3-9)26(24,25)21-14-8-15(17(22)23)20-13-7-10(18)6-12(19)16(13)14/h2-8H,1H3,(H,20,21)(H,22,23). The highest BCUT2D eigenvalue weighted by atomic mass is 35.5. The molecular formula is C17H12Cl2N2O4S. The molecule has 0 unspecified atom stereocenters. The van der Waals surface area contributed by atoms with Crippen molar-refractivity contribution in [2.24, 2.45) is 4.40 Å². The predicted octanol–water partition coefficient (Wildman–Crippen LogP) is 3.77. The predicted molar refractivity (Wildman–Crippen MR) is 99.2 cm³/mol. The lowest BCUT2D eigenvalue weighted by Gasteiger charge is -2.06. The Morgan fingerprint density at radius 1 is 1.12 bits per heavy atom. The molecule has 2 aromatic carbocycles. The van der Waals surface area contributed by atoms with Gasteiger partial charge >= 0.3 is 5.97 Å². The third-order valence-corrected chi connectivity index (χ3v) is 5.45. The molecule has 26 heavy (non-hydrogen) atoms. The molecule has 134 valence electrons. The van der Waals surface area contributed by atoms with Crippen molar-refractivity contribution >= 4 is 50.1 Å². The van der Waals surface area contributed by atoms with Crippen molar-refractivity contribution in [1.82, 2.24) is 4.98 Å². The summed E-state index contributed by atoms with van der Waals surface area (Å²) in [6.45, 7) is 1.83. The molecular weight excluding hydrogens is 399 g/mol. The lowest BCUT2D eigenvalue weighted by Crippen LogP contribution is -2.14. The monoisotopic (exact) mass is 410 g/mol. The van der Waals surface area contributed by atoms with Crippen LogP contribution in [0.3, 0.4) is 0 Å². The molecule has 9 heteroatoms. The van der Waals surface area contributed by atoms with E-state index in [1.54, 1.807) is 12.1 Å². The number of aromatic amines is 1. The first-order chi connectivity index (χ1) is 12.2. The number of sulfonamides is 1. The van der Waals surface area contributed by atoms with Crippen molar-refractivity contribution < 1.29 is 18.3 Å². The van der Waals surface area contributed by atoms with Gasteiger partial charge in [-0.15, -0.1) is 0 Å². The second-order valence-corrected chi connectivity index (χ2v) is 8.01. The minimum Gasteiger partial charge on any atom is -0.477 e. The minimum atomic E-state index is -4.06. The van der Waals surface area contributed by atoms with E-state index < -0.39 is 16.0 Å². The molecule has 0 saturated carbocycles.